The summed E-state index contributed by atoms with van der Waals surface area (Å²) in [6, 6.07) is 19.6. The van der Waals surface area contributed by atoms with E-state index in [9.17, 15) is 33.9 Å². The molecule has 3 aromatic carbocycles. The second kappa shape index (κ2) is 21.9. The van der Waals surface area contributed by atoms with Crippen molar-refractivity contribution in [3.05, 3.63) is 95.1 Å². The van der Waals surface area contributed by atoms with Crippen molar-refractivity contribution >= 4 is 58.2 Å². The lowest BCUT2D eigenvalue weighted by Gasteiger charge is -2.30. The third kappa shape index (κ3) is 12.5. The predicted molar refractivity (Wildman–Crippen MR) is 226 cm³/mol. The van der Waals surface area contributed by atoms with Crippen LogP contribution in [0.3, 0.4) is 0 Å². The van der Waals surface area contributed by atoms with Crippen molar-refractivity contribution in [2.45, 2.75) is 91.6 Å². The van der Waals surface area contributed by atoms with Crippen molar-refractivity contribution in [1.29, 1.82) is 0 Å². The van der Waals surface area contributed by atoms with Crippen molar-refractivity contribution < 1.29 is 33.9 Å². The number of hydrazone groups is 1. The number of benzene rings is 3. The van der Waals surface area contributed by atoms with Crippen molar-refractivity contribution in [2.24, 2.45) is 21.9 Å². The van der Waals surface area contributed by atoms with E-state index in [1.54, 1.807) is 43.0 Å². The van der Waals surface area contributed by atoms with E-state index >= 15 is 0 Å². The molecule has 3 aromatic rings. The second-order valence-electron chi connectivity index (χ2n) is 14.5. The van der Waals surface area contributed by atoms with E-state index in [-0.39, 0.29) is 43.9 Å². The van der Waals surface area contributed by atoms with Crippen LogP contribution in [0.1, 0.15) is 82.6 Å². The van der Waals surface area contributed by atoms with Crippen molar-refractivity contribution in [1.82, 2.24) is 21.3 Å². The molecule has 59 heavy (non-hydrogen) atoms. The minimum absolute atomic E-state index is 0.00372. The first-order chi connectivity index (χ1) is 28.3. The Hall–Kier alpha value is -6.42. The largest absolute Gasteiger partial charge is 0.392 e. The molecule has 0 spiro atoms. The van der Waals surface area contributed by atoms with Gasteiger partial charge in [-0.05, 0) is 55.0 Å². The quantitative estimate of drug-likeness (QED) is 0.0789. The molecule has 2 atom stereocenters. The third-order valence-electron chi connectivity index (χ3n) is 9.84. The number of rotatable bonds is 17. The van der Waals surface area contributed by atoms with Gasteiger partial charge in [0.05, 0.1) is 43.7 Å². The topological polar surface area (TPSA) is 237 Å². The molecule has 1 aliphatic heterocycles. The zero-order valence-corrected chi connectivity index (χ0v) is 34.2. The van der Waals surface area contributed by atoms with Gasteiger partial charge in [0, 0.05) is 29.7 Å². The van der Waals surface area contributed by atoms with E-state index in [4.69, 9.17) is 10.8 Å². The van der Waals surface area contributed by atoms with Crippen LogP contribution in [-0.2, 0) is 41.9 Å². The van der Waals surface area contributed by atoms with E-state index in [0.29, 0.717) is 33.9 Å². The number of carbonyl (C=O) groups excluding carboxylic acids is 6. The fourth-order valence-electron chi connectivity index (χ4n) is 6.38. The van der Waals surface area contributed by atoms with Crippen LogP contribution in [0.15, 0.2) is 82.9 Å². The van der Waals surface area contributed by atoms with Crippen LogP contribution < -0.4 is 37.3 Å². The fourth-order valence-corrected chi connectivity index (χ4v) is 6.38. The fraction of sp³-hybridized carbons (Fsp3) is 0.395. The summed E-state index contributed by atoms with van der Waals surface area (Å²) in [6.45, 7) is 8.20. The highest BCUT2D eigenvalue weighted by Crippen LogP contribution is 2.30. The molecule has 0 aliphatic carbocycles. The lowest BCUT2D eigenvalue weighted by atomic mass is 9.91. The van der Waals surface area contributed by atoms with Gasteiger partial charge in [0.1, 0.15) is 17.8 Å². The lowest BCUT2D eigenvalue weighted by Crippen LogP contribution is -2.55. The highest BCUT2D eigenvalue weighted by atomic mass is 16.3. The third-order valence-corrected chi connectivity index (χ3v) is 9.84. The number of anilines is 2. The minimum atomic E-state index is -1.01. The minimum Gasteiger partial charge on any atom is -0.392 e. The number of nitrogens with zero attached hydrogens (tertiary/aromatic N) is 3. The summed E-state index contributed by atoms with van der Waals surface area (Å²) in [5.74, 6) is 2.40. The van der Waals surface area contributed by atoms with Crippen LogP contribution in [0, 0.1) is 5.92 Å². The number of hydrogen-bond acceptors (Lipinski definition) is 10. The monoisotopic (exact) mass is 809 g/mol. The van der Waals surface area contributed by atoms with Gasteiger partial charge in [-0.3, -0.25) is 33.8 Å². The van der Waals surface area contributed by atoms with Gasteiger partial charge >= 0.3 is 0 Å². The van der Waals surface area contributed by atoms with Crippen LogP contribution in [0.4, 0.5) is 11.4 Å². The van der Waals surface area contributed by atoms with Crippen molar-refractivity contribution in [2.75, 3.05) is 23.3 Å². The average Bonchev–Trinajstić information content (AvgIpc) is 3.23. The number of nitrogens with one attached hydrogen (secondary N) is 5. The molecule has 0 fully saturated rings. The number of nitrogens with two attached hydrogens (primary N) is 1. The number of hydrogen-bond donors (Lipinski definition) is 7. The second-order valence-corrected chi connectivity index (χ2v) is 14.5. The Morgan fingerprint density at radius 1 is 0.746 bits per heavy atom. The Balaban J connectivity index is 1.30. The summed E-state index contributed by atoms with van der Waals surface area (Å²) < 4.78 is 0. The summed E-state index contributed by atoms with van der Waals surface area (Å²) in [6.07, 6.45) is 1.25. The number of aliphatic imine (C=N–C) groups is 1. The molecule has 0 saturated carbocycles. The lowest BCUT2D eigenvalue weighted by molar-refractivity contribution is -0.132. The van der Waals surface area contributed by atoms with Crippen molar-refractivity contribution in [3.63, 3.8) is 0 Å². The van der Waals surface area contributed by atoms with Crippen LogP contribution in [0.2, 0.25) is 0 Å². The van der Waals surface area contributed by atoms with Gasteiger partial charge in [-0.15, -0.1) is 0 Å². The zero-order chi connectivity index (χ0) is 43.1. The van der Waals surface area contributed by atoms with Gasteiger partial charge in [0.25, 0.3) is 0 Å². The summed E-state index contributed by atoms with van der Waals surface area (Å²) >= 11 is 0. The molecule has 16 heteroatoms. The smallest absolute Gasteiger partial charge is 0.246 e. The van der Waals surface area contributed by atoms with Gasteiger partial charge in [-0.25, -0.2) is 0 Å². The number of para-hydroxylation sites is 1. The normalized spacial score (nSPS) is 14.7. The Morgan fingerprint density at radius 2 is 1.37 bits per heavy atom. The van der Waals surface area contributed by atoms with Gasteiger partial charge in [0.2, 0.25) is 35.4 Å². The predicted octanol–water partition coefficient (Wildman–Crippen LogP) is 2.66. The molecule has 6 amide bonds. The number of carbonyl (C=O) groups is 6. The van der Waals surface area contributed by atoms with Gasteiger partial charge < -0.3 is 42.4 Å². The maximum Gasteiger partial charge on any atom is 0.246 e. The first-order valence-corrected chi connectivity index (χ1v) is 19.8. The van der Waals surface area contributed by atoms with E-state index in [1.807, 2.05) is 48.5 Å². The summed E-state index contributed by atoms with van der Waals surface area (Å²) in [4.78, 5) is 84.5. The van der Waals surface area contributed by atoms with E-state index < -0.39 is 54.7 Å². The molecule has 1 aliphatic rings. The molecule has 0 unspecified atom stereocenters. The molecular weight excluding hydrogens is 755 g/mol. The molecule has 0 saturated heterocycles. The molecule has 1 heterocycles. The first-order valence-electron chi connectivity index (χ1n) is 19.8. The van der Waals surface area contributed by atoms with Crippen LogP contribution >= 0.6 is 0 Å². The standard InChI is InChI=1S/C43H55N9O7/c1-6-30(7-2)48-40-33-14-10-11-15-34(33)52(24-29-12-8-9-13-32(29)41(40)51-44)38(57)21-20-35(54)45-22-36(55)46-23-37(56)50-39(26(3)4)43(59)47-27(5)42(58)49-31-18-16-28(25-53)17-19-31/h8-19,26-27,30,39,53H,6-7,20-25,44H2,1-5H3,(H,45,54)(H,46,55)(H,47,59)(H,49,58)(H,50,56)/t27-,39-/m0/s1. The summed E-state index contributed by atoms with van der Waals surface area (Å²) in [5, 5.41) is 26.2. The highest BCUT2D eigenvalue weighted by Gasteiger charge is 2.30. The van der Waals surface area contributed by atoms with E-state index in [0.717, 1.165) is 24.0 Å². The maximum atomic E-state index is 13.9. The van der Waals surface area contributed by atoms with Gasteiger partial charge in [-0.2, -0.15) is 5.10 Å². The molecule has 314 valence electrons. The Kier molecular flexibility index (Phi) is 16.8. The molecule has 0 bridgehead atoms. The molecule has 0 aromatic heterocycles. The number of amides is 6. The molecule has 0 radical (unpaired) electrons. The maximum absolute atomic E-state index is 13.9. The van der Waals surface area contributed by atoms with Crippen LogP contribution in [0.25, 0.3) is 0 Å². The Labute approximate surface area is 344 Å². The van der Waals surface area contributed by atoms with E-state index in [2.05, 4.69) is 45.5 Å². The highest BCUT2D eigenvalue weighted by molar-refractivity contribution is 6.55. The molecule has 4 rings (SSSR count). The van der Waals surface area contributed by atoms with Gasteiger partial charge in [0.15, 0.2) is 0 Å². The van der Waals surface area contributed by atoms with Crippen LogP contribution in [-0.4, -0.2) is 83.2 Å². The number of aliphatic hydroxyl groups excluding tert-OH is 1. The molecular formula is C43H55N9O7. The Bertz CT molecular complexity index is 2040. The molecule has 8 N–H and O–H groups in total. The van der Waals surface area contributed by atoms with E-state index in [1.165, 1.54) is 6.92 Å². The SMILES string of the molecule is CCC(CC)N=C1C(=NN)c2ccccc2CN(C(=O)CCC(=O)NCC(=O)NCC(=O)N[C@H](C(=O)N[C@@H](C)C(=O)Nc2ccc(CO)cc2)C(C)C)c2ccccc21. The summed E-state index contributed by atoms with van der Waals surface area (Å²) in [7, 11) is 0. The summed E-state index contributed by atoms with van der Waals surface area (Å²) in [5.41, 5.74) is 5.14. The number of aliphatic hydroxyl groups is 1. The molecule has 16 nitrogen and oxygen atoms in total. The Morgan fingerprint density at radius 3 is 2.02 bits per heavy atom. The number of fused-ring (bicyclic) bond motifs is 2. The average molecular weight is 810 g/mol. The van der Waals surface area contributed by atoms with Gasteiger partial charge in [-0.1, -0.05) is 82.3 Å². The van der Waals surface area contributed by atoms with Crippen molar-refractivity contribution in [3.8, 4) is 0 Å². The zero-order valence-electron chi connectivity index (χ0n) is 34.2. The first kappa shape index (κ1) is 45.3. The van der Waals surface area contributed by atoms with Crippen LogP contribution in [0.5, 0.6) is 0 Å².